The first-order valence-corrected chi connectivity index (χ1v) is 7.85. The fourth-order valence-corrected chi connectivity index (χ4v) is 2.94. The molecule has 0 aromatic heterocycles. The fourth-order valence-electron chi connectivity index (χ4n) is 2.18. The van der Waals surface area contributed by atoms with E-state index in [1.54, 1.807) is 0 Å². The van der Waals surface area contributed by atoms with Crippen molar-refractivity contribution in [2.75, 3.05) is 19.0 Å². The number of hydrogen-bond donors (Lipinski definition) is 2. The number of benzene rings is 2. The minimum atomic E-state index is 0.0277. The molecule has 0 amide bonds. The smallest absolute Gasteiger partial charge is 0.0500 e. The van der Waals surface area contributed by atoms with E-state index in [1.165, 1.54) is 0 Å². The van der Waals surface area contributed by atoms with Crippen LogP contribution in [0.1, 0.15) is 17.2 Å². The molecule has 0 heterocycles. The normalized spacial score (nSPS) is 12.2. The molecule has 0 radical (unpaired) electrons. The molecule has 2 aromatic carbocycles. The van der Waals surface area contributed by atoms with Gasteiger partial charge in [0.1, 0.15) is 0 Å². The number of anilines is 1. The van der Waals surface area contributed by atoms with E-state index < -0.39 is 0 Å². The summed E-state index contributed by atoms with van der Waals surface area (Å²) in [6, 6.07) is 14.3. The summed E-state index contributed by atoms with van der Waals surface area (Å²) in [5.74, 6) is 5.72. The van der Waals surface area contributed by atoms with Crippen LogP contribution in [-0.2, 0) is 6.42 Å². The van der Waals surface area contributed by atoms with Gasteiger partial charge in [0, 0.05) is 29.3 Å². The number of nitrogens with one attached hydrogen (secondary N) is 1. The average molecular weight is 369 g/mol. The van der Waals surface area contributed by atoms with E-state index in [0.29, 0.717) is 0 Å². The third-order valence-corrected chi connectivity index (χ3v) is 4.30. The number of hydrazine groups is 1. The molecule has 3 N–H and O–H groups in total. The molecule has 21 heavy (non-hydrogen) atoms. The molecule has 3 nitrogen and oxygen atoms in total. The molecule has 0 aliphatic carbocycles. The third-order valence-electron chi connectivity index (χ3n) is 3.45. The molecule has 2 rings (SSSR count). The maximum Gasteiger partial charge on any atom is 0.0500 e. The van der Waals surface area contributed by atoms with Crippen LogP contribution in [0.2, 0.25) is 5.02 Å². The van der Waals surface area contributed by atoms with Crippen molar-refractivity contribution in [1.82, 2.24) is 5.43 Å². The second-order valence-corrected chi connectivity index (χ2v) is 6.47. The predicted molar refractivity (Wildman–Crippen MR) is 93.7 cm³/mol. The lowest BCUT2D eigenvalue weighted by molar-refractivity contribution is 0.552. The van der Waals surface area contributed by atoms with Gasteiger partial charge in [0.15, 0.2) is 0 Å². The van der Waals surface area contributed by atoms with Crippen LogP contribution < -0.4 is 16.2 Å². The van der Waals surface area contributed by atoms with Crippen molar-refractivity contribution >= 4 is 33.2 Å². The lowest BCUT2D eigenvalue weighted by Crippen LogP contribution is -2.29. The zero-order valence-corrected chi connectivity index (χ0v) is 14.4. The first kappa shape index (κ1) is 16.3. The molecule has 0 saturated carbocycles. The van der Waals surface area contributed by atoms with E-state index in [-0.39, 0.29) is 6.04 Å². The Morgan fingerprint density at radius 2 is 1.86 bits per heavy atom. The summed E-state index contributed by atoms with van der Waals surface area (Å²) in [6.45, 7) is 0. The van der Waals surface area contributed by atoms with Crippen molar-refractivity contribution in [2.24, 2.45) is 5.84 Å². The summed E-state index contributed by atoms with van der Waals surface area (Å²) >= 11 is 9.70. The van der Waals surface area contributed by atoms with Gasteiger partial charge in [-0.05, 0) is 41.8 Å². The lowest BCUT2D eigenvalue weighted by atomic mass is 9.99. The van der Waals surface area contributed by atoms with Crippen molar-refractivity contribution in [3.63, 3.8) is 0 Å². The quantitative estimate of drug-likeness (QED) is 0.621. The lowest BCUT2D eigenvalue weighted by Gasteiger charge is -2.19. The predicted octanol–water partition coefficient (Wildman–Crippen LogP) is 3.92. The summed E-state index contributed by atoms with van der Waals surface area (Å²) in [4.78, 5) is 2.07. The molecule has 0 fully saturated rings. The highest BCUT2D eigenvalue weighted by Crippen LogP contribution is 2.27. The largest absolute Gasteiger partial charge is 0.378 e. The Balaban J connectivity index is 2.19. The number of rotatable bonds is 5. The Bertz CT molecular complexity index is 599. The van der Waals surface area contributed by atoms with Crippen LogP contribution in [0.15, 0.2) is 46.9 Å². The fraction of sp³-hybridized carbons (Fsp3) is 0.250. The van der Waals surface area contributed by atoms with Gasteiger partial charge in [-0.15, -0.1) is 0 Å². The Labute approximate surface area is 139 Å². The van der Waals surface area contributed by atoms with E-state index in [0.717, 1.165) is 32.7 Å². The van der Waals surface area contributed by atoms with Crippen LogP contribution in [0.5, 0.6) is 0 Å². The van der Waals surface area contributed by atoms with Gasteiger partial charge < -0.3 is 4.90 Å². The Morgan fingerprint density at radius 1 is 1.19 bits per heavy atom. The summed E-state index contributed by atoms with van der Waals surface area (Å²) in [5, 5.41) is 0.745. The van der Waals surface area contributed by atoms with Gasteiger partial charge in [-0.1, -0.05) is 45.7 Å². The zero-order chi connectivity index (χ0) is 15.4. The second-order valence-electron chi connectivity index (χ2n) is 5.15. The highest BCUT2D eigenvalue weighted by atomic mass is 79.9. The van der Waals surface area contributed by atoms with Crippen LogP contribution in [-0.4, -0.2) is 14.1 Å². The Kier molecular flexibility index (Phi) is 5.65. The topological polar surface area (TPSA) is 41.3 Å². The van der Waals surface area contributed by atoms with Gasteiger partial charge in [-0.3, -0.25) is 11.3 Å². The van der Waals surface area contributed by atoms with Gasteiger partial charge in [-0.2, -0.15) is 0 Å². The number of hydrogen-bond acceptors (Lipinski definition) is 3. The summed E-state index contributed by atoms with van der Waals surface area (Å²) in [5.41, 5.74) is 6.25. The first-order valence-electron chi connectivity index (χ1n) is 6.68. The molecule has 2 aromatic rings. The molecule has 1 unspecified atom stereocenters. The number of nitrogens with two attached hydrogens (primary N) is 1. The van der Waals surface area contributed by atoms with Crippen molar-refractivity contribution in [2.45, 2.75) is 12.5 Å². The third kappa shape index (κ3) is 4.20. The van der Waals surface area contributed by atoms with Crippen LogP contribution in [0.25, 0.3) is 0 Å². The molecule has 0 aliphatic rings. The molecule has 0 bridgehead atoms. The molecule has 0 aliphatic heterocycles. The Hall–Kier alpha value is -1.07. The minimum Gasteiger partial charge on any atom is -0.378 e. The summed E-state index contributed by atoms with van der Waals surface area (Å²) in [6.07, 6.45) is 0.740. The van der Waals surface area contributed by atoms with Crippen molar-refractivity contribution in [3.05, 3.63) is 63.1 Å². The summed E-state index contributed by atoms with van der Waals surface area (Å²) in [7, 11) is 4.05. The molecule has 0 saturated heterocycles. The van der Waals surface area contributed by atoms with Gasteiger partial charge in [0.05, 0.1) is 6.04 Å². The van der Waals surface area contributed by atoms with Crippen molar-refractivity contribution in [3.8, 4) is 0 Å². The highest BCUT2D eigenvalue weighted by Gasteiger charge is 2.13. The van der Waals surface area contributed by atoms with Crippen LogP contribution in [0.4, 0.5) is 5.69 Å². The first-order chi connectivity index (χ1) is 10.0. The maximum absolute atomic E-state index is 6.28. The second kappa shape index (κ2) is 7.27. The van der Waals surface area contributed by atoms with Gasteiger partial charge in [-0.25, -0.2) is 0 Å². The van der Waals surface area contributed by atoms with Gasteiger partial charge in [0.2, 0.25) is 0 Å². The van der Waals surface area contributed by atoms with E-state index in [4.69, 9.17) is 17.4 Å². The van der Waals surface area contributed by atoms with Crippen LogP contribution in [0, 0.1) is 0 Å². The van der Waals surface area contributed by atoms with Crippen molar-refractivity contribution in [1.29, 1.82) is 0 Å². The molecular weight excluding hydrogens is 350 g/mol. The van der Waals surface area contributed by atoms with E-state index in [1.807, 2.05) is 32.3 Å². The van der Waals surface area contributed by atoms with E-state index in [2.05, 4.69) is 50.5 Å². The molecule has 0 spiro atoms. The van der Waals surface area contributed by atoms with Gasteiger partial charge >= 0.3 is 0 Å². The Morgan fingerprint density at radius 3 is 2.38 bits per heavy atom. The SMILES string of the molecule is CN(C)c1ccc(C(Cc2ccc(Br)cc2Cl)NN)cc1. The standard InChI is InChI=1S/C16H19BrClN3/c1-21(2)14-7-4-11(5-8-14)16(20-19)9-12-3-6-13(17)10-15(12)18/h3-8,10,16,20H,9,19H2,1-2H3. The monoisotopic (exact) mass is 367 g/mol. The highest BCUT2D eigenvalue weighted by molar-refractivity contribution is 9.10. The number of halogens is 2. The van der Waals surface area contributed by atoms with Crippen LogP contribution in [0.3, 0.4) is 0 Å². The van der Waals surface area contributed by atoms with Crippen LogP contribution >= 0.6 is 27.5 Å². The zero-order valence-electron chi connectivity index (χ0n) is 12.1. The molecule has 5 heteroatoms. The number of nitrogens with zero attached hydrogens (tertiary/aromatic N) is 1. The van der Waals surface area contributed by atoms with E-state index in [9.17, 15) is 0 Å². The maximum atomic E-state index is 6.28. The average Bonchev–Trinajstić information content (AvgIpc) is 2.47. The van der Waals surface area contributed by atoms with Gasteiger partial charge in [0.25, 0.3) is 0 Å². The van der Waals surface area contributed by atoms with Crippen molar-refractivity contribution < 1.29 is 0 Å². The minimum absolute atomic E-state index is 0.0277. The molecular formula is C16H19BrClN3. The summed E-state index contributed by atoms with van der Waals surface area (Å²) < 4.78 is 0.976. The molecule has 112 valence electrons. The van der Waals surface area contributed by atoms with E-state index >= 15 is 0 Å². The molecule has 1 atom stereocenters.